The summed E-state index contributed by atoms with van der Waals surface area (Å²) in [6.07, 6.45) is 0. The molecule has 0 aliphatic heterocycles. The summed E-state index contributed by atoms with van der Waals surface area (Å²) in [6.45, 7) is 0. The molecule has 0 fully saturated rings. The minimum Gasteiger partial charge on any atom is -0.280 e. The van der Waals surface area contributed by atoms with Gasteiger partial charge < -0.3 is 0 Å². The number of hydrogen-bond acceptors (Lipinski definition) is 2. The third-order valence-corrected chi connectivity index (χ3v) is 5.14. The average molecular weight is 380 g/mol. The van der Waals surface area contributed by atoms with Crippen molar-refractivity contribution in [2.45, 2.75) is 0 Å². The second-order valence-corrected chi connectivity index (χ2v) is 6.99. The van der Waals surface area contributed by atoms with Crippen LogP contribution in [0, 0.1) is 0 Å². The van der Waals surface area contributed by atoms with Gasteiger partial charge in [-0.25, -0.2) is 0 Å². The molecule has 0 radical (unpaired) electrons. The molecule has 0 aromatic heterocycles. The molecule has 0 amide bonds. The zero-order valence-electron chi connectivity index (χ0n) is 15.1. The van der Waals surface area contributed by atoms with Crippen LogP contribution >= 0.6 is 8.46 Å². The number of benzene rings is 4. The molecule has 28 heavy (non-hydrogen) atoms. The van der Waals surface area contributed by atoms with Gasteiger partial charge in [0.05, 0.1) is 0 Å². The Hall–Kier alpha value is -3.35. The van der Waals surface area contributed by atoms with Gasteiger partial charge in [-0.1, -0.05) is 97.1 Å². The van der Waals surface area contributed by atoms with Gasteiger partial charge in [-0.2, -0.15) is 0 Å². The summed E-state index contributed by atoms with van der Waals surface area (Å²) < 4.78 is 11.4. The third-order valence-electron chi connectivity index (χ3n) is 4.73. The molecule has 0 spiro atoms. The fourth-order valence-corrected chi connectivity index (χ4v) is 3.78. The van der Waals surface area contributed by atoms with E-state index in [0.717, 1.165) is 33.4 Å². The van der Waals surface area contributed by atoms with Gasteiger partial charge in [-0.15, -0.1) is 0 Å². The first-order valence-electron chi connectivity index (χ1n) is 9.00. The van der Waals surface area contributed by atoms with Crippen molar-refractivity contribution in [3.63, 3.8) is 0 Å². The molecule has 4 aromatic carbocycles. The quantitative estimate of drug-likeness (QED) is 0.345. The van der Waals surface area contributed by atoms with Crippen molar-refractivity contribution in [2.24, 2.45) is 0 Å². The molecule has 2 nitrogen and oxygen atoms in total. The maximum atomic E-state index is 12.5. The summed E-state index contributed by atoms with van der Waals surface area (Å²) >= 11 is 0. The van der Waals surface area contributed by atoms with Crippen LogP contribution in [0.15, 0.2) is 103 Å². The number of rotatable bonds is 5. The molecule has 134 valence electrons. The normalized spacial score (nSPS) is 10.7. The summed E-state index contributed by atoms with van der Waals surface area (Å²) in [5.74, 6) is 0. The van der Waals surface area contributed by atoms with Crippen LogP contribution in [-0.2, 0) is 4.57 Å². The van der Waals surface area contributed by atoms with Crippen LogP contribution in [0.25, 0.3) is 33.4 Å². The van der Waals surface area contributed by atoms with Gasteiger partial charge in [0.15, 0.2) is 0 Å². The second kappa shape index (κ2) is 8.12. The Balaban J connectivity index is 2.13. The van der Waals surface area contributed by atoms with Gasteiger partial charge in [0.2, 0.25) is 8.46 Å². The predicted octanol–water partition coefficient (Wildman–Crippen LogP) is 7.12. The number of carbonyl (C=O) groups is 1. The number of carbonyl (C=O) groups excluding carboxylic acids is 1. The summed E-state index contributed by atoms with van der Waals surface area (Å²) in [7, 11) is -0.509. The lowest BCUT2D eigenvalue weighted by molar-refractivity contribution is 0.108. The Morgan fingerprint density at radius 2 is 1.00 bits per heavy atom. The standard InChI is InChI=1S/C25H17O2P/c26-25(28-27)22-17-16-21(18-10-4-1-5-11-18)23(19-12-6-2-7-13-19)24(22)20-14-8-3-9-15-20/h1-17H. The molecule has 0 unspecified atom stereocenters. The van der Waals surface area contributed by atoms with Crippen molar-refractivity contribution in [1.82, 2.24) is 0 Å². The first kappa shape index (κ1) is 18.0. The SMILES string of the molecule is O=PC(=O)c1ccc(-c2ccccc2)c(-c2ccccc2)c1-c1ccccc1. The summed E-state index contributed by atoms with van der Waals surface area (Å²) in [5.41, 5.74) is 5.84. The Morgan fingerprint density at radius 1 is 0.536 bits per heavy atom. The van der Waals surface area contributed by atoms with Crippen LogP contribution in [0.5, 0.6) is 0 Å². The monoisotopic (exact) mass is 380 g/mol. The average Bonchev–Trinajstić information content (AvgIpc) is 2.79. The third kappa shape index (κ3) is 3.43. The first-order chi connectivity index (χ1) is 13.8. The van der Waals surface area contributed by atoms with Crippen LogP contribution < -0.4 is 0 Å². The zero-order chi connectivity index (χ0) is 19.3. The Labute approximate surface area is 165 Å². The largest absolute Gasteiger partial charge is 0.280 e. The van der Waals surface area contributed by atoms with Crippen molar-refractivity contribution in [3.8, 4) is 33.4 Å². The number of hydrogen-bond donors (Lipinski definition) is 0. The Morgan fingerprint density at radius 3 is 1.50 bits per heavy atom. The summed E-state index contributed by atoms with van der Waals surface area (Å²) in [4.78, 5) is 12.5. The fourth-order valence-electron chi connectivity index (χ4n) is 3.50. The van der Waals surface area contributed by atoms with E-state index in [1.165, 1.54) is 0 Å². The van der Waals surface area contributed by atoms with Gasteiger partial charge in [0.25, 0.3) is 5.52 Å². The molecule has 0 bridgehead atoms. The molecule has 0 aliphatic rings. The van der Waals surface area contributed by atoms with E-state index in [2.05, 4.69) is 12.1 Å². The fraction of sp³-hybridized carbons (Fsp3) is 0. The lowest BCUT2D eigenvalue weighted by atomic mass is 9.85. The van der Waals surface area contributed by atoms with Crippen molar-refractivity contribution in [2.75, 3.05) is 0 Å². The molecule has 4 rings (SSSR count). The molecule has 0 N–H and O–H groups in total. The predicted molar refractivity (Wildman–Crippen MR) is 115 cm³/mol. The van der Waals surface area contributed by atoms with Gasteiger partial charge in [0.1, 0.15) is 0 Å². The molecule has 0 atom stereocenters. The minimum atomic E-state index is -0.509. The highest BCUT2D eigenvalue weighted by Crippen LogP contribution is 2.42. The lowest BCUT2D eigenvalue weighted by Gasteiger charge is -2.19. The van der Waals surface area contributed by atoms with E-state index in [9.17, 15) is 9.36 Å². The van der Waals surface area contributed by atoms with Gasteiger partial charge in [0, 0.05) is 11.1 Å². The van der Waals surface area contributed by atoms with Crippen molar-refractivity contribution >= 4 is 14.0 Å². The highest BCUT2D eigenvalue weighted by molar-refractivity contribution is 7.47. The lowest BCUT2D eigenvalue weighted by Crippen LogP contribution is -1.99. The summed E-state index contributed by atoms with van der Waals surface area (Å²) in [5, 5.41) is 0. The molecule has 0 saturated heterocycles. The highest BCUT2D eigenvalue weighted by Gasteiger charge is 2.21. The molecule has 3 heteroatoms. The van der Waals surface area contributed by atoms with E-state index in [1.54, 1.807) is 6.07 Å². The van der Waals surface area contributed by atoms with Crippen LogP contribution in [0.3, 0.4) is 0 Å². The van der Waals surface area contributed by atoms with Crippen molar-refractivity contribution < 1.29 is 9.36 Å². The van der Waals surface area contributed by atoms with Crippen molar-refractivity contribution in [3.05, 3.63) is 109 Å². The maximum Gasteiger partial charge on any atom is 0.253 e. The topological polar surface area (TPSA) is 34.1 Å². The molecular formula is C25H17O2P. The van der Waals surface area contributed by atoms with Crippen molar-refractivity contribution in [1.29, 1.82) is 0 Å². The van der Waals surface area contributed by atoms with Gasteiger partial charge >= 0.3 is 0 Å². The molecule has 4 aromatic rings. The van der Waals surface area contributed by atoms with Gasteiger partial charge in [-0.3, -0.25) is 9.36 Å². The Kier molecular flexibility index (Phi) is 5.23. The van der Waals surface area contributed by atoms with E-state index in [0.29, 0.717) is 5.56 Å². The molecular weight excluding hydrogens is 363 g/mol. The smallest absolute Gasteiger partial charge is 0.253 e. The van der Waals surface area contributed by atoms with E-state index >= 15 is 0 Å². The van der Waals surface area contributed by atoms with Gasteiger partial charge in [-0.05, 0) is 33.9 Å². The van der Waals surface area contributed by atoms with E-state index < -0.39 is 14.0 Å². The van der Waals surface area contributed by atoms with Crippen LogP contribution in [0.4, 0.5) is 0 Å². The van der Waals surface area contributed by atoms with E-state index in [1.807, 2.05) is 84.9 Å². The first-order valence-corrected chi connectivity index (χ1v) is 9.82. The molecule has 0 heterocycles. The van der Waals surface area contributed by atoms with Crippen LogP contribution in [0.1, 0.15) is 10.4 Å². The molecule has 0 saturated carbocycles. The maximum absolute atomic E-state index is 12.5. The zero-order valence-corrected chi connectivity index (χ0v) is 16.0. The molecule has 0 aliphatic carbocycles. The highest BCUT2D eigenvalue weighted by atomic mass is 31.1. The summed E-state index contributed by atoms with van der Waals surface area (Å²) in [6, 6.07) is 33.7. The van der Waals surface area contributed by atoms with E-state index in [4.69, 9.17) is 0 Å². The van der Waals surface area contributed by atoms with Crippen LogP contribution in [-0.4, -0.2) is 5.52 Å². The minimum absolute atomic E-state index is 0.421. The van der Waals surface area contributed by atoms with Crippen LogP contribution in [0.2, 0.25) is 0 Å². The second-order valence-electron chi connectivity index (χ2n) is 6.41. The Bertz CT molecular complexity index is 1120. The van der Waals surface area contributed by atoms with E-state index in [-0.39, 0.29) is 0 Å².